The van der Waals surface area contributed by atoms with E-state index in [0.717, 1.165) is 19.5 Å². The molecule has 2 unspecified atom stereocenters. The van der Waals surface area contributed by atoms with Gasteiger partial charge in [0.2, 0.25) is 0 Å². The lowest BCUT2D eigenvalue weighted by Gasteiger charge is -2.27. The minimum atomic E-state index is 0.423. The van der Waals surface area contributed by atoms with Gasteiger partial charge in [0.1, 0.15) is 0 Å². The van der Waals surface area contributed by atoms with Gasteiger partial charge in [-0.25, -0.2) is 4.98 Å². The van der Waals surface area contributed by atoms with Crippen LogP contribution in [-0.2, 0) is 6.54 Å². The van der Waals surface area contributed by atoms with Gasteiger partial charge in [-0.1, -0.05) is 6.42 Å². The Morgan fingerprint density at radius 3 is 3.06 bits per heavy atom. The monoisotopic (exact) mass is 236 g/mol. The molecule has 1 heterocycles. The zero-order chi connectivity index (χ0) is 11.9. The van der Waals surface area contributed by atoms with Gasteiger partial charge in [0.25, 0.3) is 0 Å². The molecule has 0 radical (unpaired) electrons. The summed E-state index contributed by atoms with van der Waals surface area (Å²) in [6, 6.07) is 1.08. The minimum Gasteiger partial charge on any atom is -0.337 e. The van der Waals surface area contributed by atoms with Crippen molar-refractivity contribution in [3.63, 3.8) is 0 Å². The van der Waals surface area contributed by atoms with E-state index in [9.17, 15) is 0 Å². The Bertz CT molecular complexity index is 296. The first-order chi connectivity index (χ1) is 8.34. The van der Waals surface area contributed by atoms with Crippen molar-refractivity contribution < 1.29 is 0 Å². The minimum absolute atomic E-state index is 0.423. The van der Waals surface area contributed by atoms with Crippen LogP contribution in [0.4, 0.5) is 0 Å². The second kappa shape index (κ2) is 6.77. The van der Waals surface area contributed by atoms with Crippen LogP contribution >= 0.6 is 0 Å². The summed E-state index contributed by atoms with van der Waals surface area (Å²) in [6.07, 6.45) is 13.1. The van der Waals surface area contributed by atoms with Crippen LogP contribution in [0, 0.1) is 0 Å². The number of nitrogens with one attached hydrogen (secondary N) is 1. The highest BCUT2D eigenvalue weighted by atomic mass is 15.0. The maximum Gasteiger partial charge on any atom is 0.0945 e. The highest BCUT2D eigenvalue weighted by Crippen LogP contribution is 2.16. The zero-order valence-electron chi connectivity index (χ0n) is 10.5. The first-order valence-corrected chi connectivity index (χ1v) is 6.79. The molecule has 1 aromatic heterocycles. The van der Waals surface area contributed by atoms with Crippen molar-refractivity contribution in [2.24, 2.45) is 5.73 Å². The van der Waals surface area contributed by atoms with E-state index in [4.69, 9.17) is 5.73 Å². The Hall–Kier alpha value is -0.870. The average Bonchev–Trinajstić information content (AvgIpc) is 2.82. The van der Waals surface area contributed by atoms with Crippen molar-refractivity contribution in [3.8, 4) is 0 Å². The van der Waals surface area contributed by atoms with Gasteiger partial charge in [-0.2, -0.15) is 0 Å². The summed E-state index contributed by atoms with van der Waals surface area (Å²) in [6.45, 7) is 2.19. The number of unbranched alkanes of at least 4 members (excludes halogenated alkanes) is 1. The van der Waals surface area contributed by atoms with E-state index in [1.807, 2.05) is 18.7 Å². The molecule has 4 heteroatoms. The number of nitrogens with zero attached hydrogens (tertiary/aromatic N) is 2. The van der Waals surface area contributed by atoms with Crippen molar-refractivity contribution in [3.05, 3.63) is 18.7 Å². The van der Waals surface area contributed by atoms with Gasteiger partial charge < -0.3 is 15.6 Å². The molecule has 0 bridgehead atoms. The van der Waals surface area contributed by atoms with Crippen molar-refractivity contribution in [1.29, 1.82) is 0 Å². The summed E-state index contributed by atoms with van der Waals surface area (Å²) in [5.41, 5.74) is 5.97. The Morgan fingerprint density at radius 2 is 2.29 bits per heavy atom. The molecule has 0 amide bonds. The summed E-state index contributed by atoms with van der Waals surface area (Å²) in [4.78, 5) is 4.04. The summed E-state index contributed by atoms with van der Waals surface area (Å²) in [7, 11) is 0. The number of hydrogen-bond acceptors (Lipinski definition) is 3. The predicted octanol–water partition coefficient (Wildman–Crippen LogP) is 1.52. The normalized spacial score (nSPS) is 25.0. The molecule has 1 aromatic rings. The first kappa shape index (κ1) is 12.6. The molecule has 0 aliphatic heterocycles. The molecule has 17 heavy (non-hydrogen) atoms. The van der Waals surface area contributed by atoms with Crippen LogP contribution in [0.1, 0.15) is 38.5 Å². The van der Waals surface area contributed by atoms with E-state index in [2.05, 4.69) is 14.9 Å². The lowest BCUT2D eigenvalue weighted by molar-refractivity contribution is 0.337. The molecule has 1 fully saturated rings. The Balaban J connectivity index is 1.51. The summed E-state index contributed by atoms with van der Waals surface area (Å²) >= 11 is 0. The molecule has 1 saturated carbocycles. The fourth-order valence-electron chi connectivity index (χ4n) is 2.56. The fourth-order valence-corrected chi connectivity index (χ4v) is 2.56. The molecular weight excluding hydrogens is 212 g/mol. The molecular formula is C13H24N4. The van der Waals surface area contributed by atoms with Crippen molar-refractivity contribution >= 4 is 0 Å². The average molecular weight is 236 g/mol. The molecule has 0 saturated heterocycles. The van der Waals surface area contributed by atoms with Crippen LogP contribution in [0.5, 0.6) is 0 Å². The third-order valence-electron chi connectivity index (χ3n) is 3.55. The maximum atomic E-state index is 5.97. The second-order valence-corrected chi connectivity index (χ2v) is 5.09. The standard InChI is InChI=1S/C13H24N4/c14-12-4-3-5-13(10-12)16-6-1-2-8-17-9-7-15-11-17/h7,9,11-13,16H,1-6,8,10,14H2. The quantitative estimate of drug-likeness (QED) is 0.736. The first-order valence-electron chi connectivity index (χ1n) is 6.79. The lowest BCUT2D eigenvalue weighted by Crippen LogP contribution is -2.39. The maximum absolute atomic E-state index is 5.97. The van der Waals surface area contributed by atoms with E-state index in [1.54, 1.807) is 0 Å². The van der Waals surface area contributed by atoms with Crippen molar-refractivity contribution in [1.82, 2.24) is 14.9 Å². The van der Waals surface area contributed by atoms with Crippen LogP contribution in [0.3, 0.4) is 0 Å². The molecule has 96 valence electrons. The molecule has 0 aromatic carbocycles. The molecule has 1 aliphatic rings. The van der Waals surface area contributed by atoms with E-state index < -0.39 is 0 Å². The SMILES string of the molecule is NC1CCCC(NCCCCn2ccnc2)C1. The molecule has 2 atom stereocenters. The Kier molecular flexibility index (Phi) is 5.01. The van der Waals surface area contributed by atoms with Crippen LogP contribution in [0.15, 0.2) is 18.7 Å². The van der Waals surface area contributed by atoms with Gasteiger partial charge in [-0.15, -0.1) is 0 Å². The molecule has 0 spiro atoms. The summed E-state index contributed by atoms with van der Waals surface area (Å²) in [5, 5.41) is 3.63. The summed E-state index contributed by atoms with van der Waals surface area (Å²) < 4.78 is 2.14. The van der Waals surface area contributed by atoms with Crippen molar-refractivity contribution in [2.75, 3.05) is 6.54 Å². The van der Waals surface area contributed by atoms with E-state index in [0.29, 0.717) is 12.1 Å². The van der Waals surface area contributed by atoms with Crippen LogP contribution in [0.25, 0.3) is 0 Å². The zero-order valence-corrected chi connectivity index (χ0v) is 10.5. The number of hydrogen-bond donors (Lipinski definition) is 2. The third kappa shape index (κ3) is 4.48. The van der Waals surface area contributed by atoms with Gasteiger partial charge in [0, 0.05) is 31.0 Å². The van der Waals surface area contributed by atoms with Gasteiger partial charge in [-0.05, 0) is 38.6 Å². The summed E-state index contributed by atoms with van der Waals surface area (Å²) in [5.74, 6) is 0. The number of rotatable bonds is 6. The topological polar surface area (TPSA) is 55.9 Å². The third-order valence-corrected chi connectivity index (χ3v) is 3.55. The van der Waals surface area contributed by atoms with E-state index >= 15 is 0 Å². The number of imidazole rings is 1. The highest BCUT2D eigenvalue weighted by Gasteiger charge is 2.17. The fraction of sp³-hybridized carbons (Fsp3) is 0.769. The van der Waals surface area contributed by atoms with Crippen molar-refractivity contribution in [2.45, 2.75) is 57.2 Å². The predicted molar refractivity (Wildman–Crippen MR) is 69.7 cm³/mol. The largest absolute Gasteiger partial charge is 0.337 e. The van der Waals surface area contributed by atoms with Gasteiger partial charge in [-0.3, -0.25) is 0 Å². The van der Waals surface area contributed by atoms with Crippen LogP contribution in [-0.4, -0.2) is 28.2 Å². The van der Waals surface area contributed by atoms with Crippen LogP contribution < -0.4 is 11.1 Å². The second-order valence-electron chi connectivity index (χ2n) is 5.09. The number of aryl methyl sites for hydroxylation is 1. The highest BCUT2D eigenvalue weighted by molar-refractivity contribution is 4.79. The molecule has 3 N–H and O–H groups in total. The number of aromatic nitrogens is 2. The van der Waals surface area contributed by atoms with Gasteiger partial charge >= 0.3 is 0 Å². The Morgan fingerprint density at radius 1 is 1.35 bits per heavy atom. The molecule has 1 aliphatic carbocycles. The smallest absolute Gasteiger partial charge is 0.0945 e. The lowest BCUT2D eigenvalue weighted by atomic mass is 9.91. The van der Waals surface area contributed by atoms with Gasteiger partial charge in [0.15, 0.2) is 0 Å². The van der Waals surface area contributed by atoms with E-state index in [-0.39, 0.29) is 0 Å². The molecule has 4 nitrogen and oxygen atoms in total. The Labute approximate surface area is 104 Å². The number of nitrogens with two attached hydrogens (primary N) is 1. The molecule has 2 rings (SSSR count). The van der Waals surface area contributed by atoms with E-state index in [1.165, 1.54) is 32.1 Å². The van der Waals surface area contributed by atoms with Crippen LogP contribution in [0.2, 0.25) is 0 Å². The van der Waals surface area contributed by atoms with Gasteiger partial charge in [0.05, 0.1) is 6.33 Å².